The third-order valence-electron chi connectivity index (χ3n) is 4.46. The lowest BCUT2D eigenvalue weighted by Crippen LogP contribution is -2.56. The SMILES string of the molecule is CC(NCC1(N(C)C)CCC1)c1c(O)cccc1O. The predicted octanol–water partition coefficient (Wildman–Crippen LogP) is 2.23. The van der Waals surface area contributed by atoms with Crippen molar-refractivity contribution in [2.24, 2.45) is 0 Å². The molecule has 1 atom stereocenters. The molecule has 1 saturated carbocycles. The van der Waals surface area contributed by atoms with Gasteiger partial charge in [-0.05, 0) is 52.4 Å². The van der Waals surface area contributed by atoms with Crippen LogP contribution in [0.4, 0.5) is 0 Å². The summed E-state index contributed by atoms with van der Waals surface area (Å²) in [6, 6.07) is 4.80. The summed E-state index contributed by atoms with van der Waals surface area (Å²) in [5.41, 5.74) is 0.810. The fraction of sp³-hybridized carbons (Fsp3) is 0.600. The molecule has 1 unspecified atom stereocenters. The van der Waals surface area contributed by atoms with E-state index in [1.165, 1.54) is 19.3 Å². The Balaban J connectivity index is 2.03. The Morgan fingerprint density at radius 3 is 2.26 bits per heavy atom. The van der Waals surface area contributed by atoms with E-state index >= 15 is 0 Å². The van der Waals surface area contributed by atoms with E-state index in [4.69, 9.17) is 0 Å². The van der Waals surface area contributed by atoms with Gasteiger partial charge in [0.2, 0.25) is 0 Å². The highest BCUT2D eigenvalue weighted by Crippen LogP contribution is 2.37. The highest BCUT2D eigenvalue weighted by atomic mass is 16.3. The normalized spacial score (nSPS) is 19.2. The Morgan fingerprint density at radius 2 is 1.84 bits per heavy atom. The van der Waals surface area contributed by atoms with Gasteiger partial charge in [-0.3, -0.25) is 0 Å². The molecule has 0 heterocycles. The van der Waals surface area contributed by atoms with Crippen LogP contribution in [0.15, 0.2) is 18.2 Å². The Hall–Kier alpha value is -1.26. The van der Waals surface area contributed by atoms with Gasteiger partial charge in [-0.1, -0.05) is 6.07 Å². The second-order valence-corrected chi connectivity index (χ2v) is 5.78. The first kappa shape index (κ1) is 14.2. The van der Waals surface area contributed by atoms with Crippen molar-refractivity contribution < 1.29 is 10.2 Å². The minimum absolute atomic E-state index is 0.0707. The molecule has 0 aliphatic heterocycles. The molecule has 0 spiro atoms. The Bertz CT molecular complexity index is 422. The molecule has 1 aliphatic rings. The van der Waals surface area contributed by atoms with Gasteiger partial charge >= 0.3 is 0 Å². The first-order valence-corrected chi connectivity index (χ1v) is 6.88. The Labute approximate surface area is 115 Å². The van der Waals surface area contributed by atoms with Crippen molar-refractivity contribution in [2.45, 2.75) is 37.8 Å². The first-order valence-electron chi connectivity index (χ1n) is 6.88. The largest absolute Gasteiger partial charge is 0.507 e. The van der Waals surface area contributed by atoms with Gasteiger partial charge in [0, 0.05) is 18.1 Å². The zero-order valence-electron chi connectivity index (χ0n) is 12.0. The van der Waals surface area contributed by atoms with Crippen LogP contribution in [0.3, 0.4) is 0 Å². The maximum Gasteiger partial charge on any atom is 0.124 e. The number of nitrogens with zero attached hydrogens (tertiary/aromatic N) is 1. The molecule has 106 valence electrons. The van der Waals surface area contributed by atoms with Crippen molar-refractivity contribution >= 4 is 0 Å². The maximum atomic E-state index is 9.86. The smallest absolute Gasteiger partial charge is 0.124 e. The van der Waals surface area contributed by atoms with Crippen LogP contribution in [0, 0.1) is 0 Å². The monoisotopic (exact) mass is 264 g/mol. The van der Waals surface area contributed by atoms with Crippen molar-refractivity contribution in [1.29, 1.82) is 0 Å². The lowest BCUT2D eigenvalue weighted by atomic mass is 9.75. The molecule has 0 radical (unpaired) electrons. The molecule has 1 aliphatic carbocycles. The number of phenols is 2. The average Bonchev–Trinajstić information content (AvgIpc) is 2.26. The molecule has 4 nitrogen and oxygen atoms in total. The standard InChI is InChI=1S/C15H24N2O2/c1-11(14-12(18)6-4-7-13(14)19)16-10-15(17(2)3)8-5-9-15/h4,6-7,11,16,18-19H,5,8-10H2,1-3H3. The number of hydrogen-bond donors (Lipinski definition) is 3. The van der Waals surface area contributed by atoms with Crippen LogP contribution < -0.4 is 5.32 Å². The zero-order chi connectivity index (χ0) is 14.0. The molecule has 1 fully saturated rings. The summed E-state index contributed by atoms with van der Waals surface area (Å²) in [5, 5.41) is 23.2. The summed E-state index contributed by atoms with van der Waals surface area (Å²) in [6.45, 7) is 2.84. The number of nitrogens with one attached hydrogen (secondary N) is 1. The van der Waals surface area contributed by atoms with E-state index in [9.17, 15) is 10.2 Å². The van der Waals surface area contributed by atoms with E-state index in [1.807, 2.05) is 6.92 Å². The Morgan fingerprint density at radius 1 is 1.26 bits per heavy atom. The molecule has 0 aromatic heterocycles. The predicted molar refractivity (Wildman–Crippen MR) is 76.5 cm³/mol. The topological polar surface area (TPSA) is 55.7 Å². The number of hydrogen-bond acceptors (Lipinski definition) is 4. The fourth-order valence-electron chi connectivity index (χ4n) is 2.80. The minimum atomic E-state index is -0.0707. The Kier molecular flexibility index (Phi) is 4.02. The third-order valence-corrected chi connectivity index (χ3v) is 4.46. The quantitative estimate of drug-likeness (QED) is 0.763. The van der Waals surface area contributed by atoms with Gasteiger partial charge in [0.25, 0.3) is 0 Å². The summed E-state index contributed by atoms with van der Waals surface area (Å²) in [5.74, 6) is 0.292. The molecule has 0 amide bonds. The fourth-order valence-corrected chi connectivity index (χ4v) is 2.80. The maximum absolute atomic E-state index is 9.86. The van der Waals surface area contributed by atoms with Crippen LogP contribution in [0.25, 0.3) is 0 Å². The summed E-state index contributed by atoms with van der Waals surface area (Å²) in [7, 11) is 4.23. The molecular formula is C15H24N2O2. The van der Waals surface area contributed by atoms with Gasteiger partial charge in [-0.25, -0.2) is 0 Å². The summed E-state index contributed by atoms with van der Waals surface area (Å²) in [6.07, 6.45) is 3.68. The molecule has 0 saturated heterocycles. The van der Waals surface area contributed by atoms with Gasteiger partial charge in [-0.2, -0.15) is 0 Å². The van der Waals surface area contributed by atoms with Gasteiger partial charge in [0.05, 0.1) is 5.56 Å². The second kappa shape index (κ2) is 5.39. The molecule has 1 aromatic rings. The molecule has 19 heavy (non-hydrogen) atoms. The number of rotatable bonds is 5. The summed E-state index contributed by atoms with van der Waals surface area (Å²) < 4.78 is 0. The van der Waals surface area contributed by atoms with Gasteiger partial charge in [0.15, 0.2) is 0 Å². The van der Waals surface area contributed by atoms with Gasteiger partial charge < -0.3 is 20.4 Å². The first-order chi connectivity index (χ1) is 8.96. The van der Waals surface area contributed by atoms with E-state index in [2.05, 4.69) is 24.3 Å². The van der Waals surface area contributed by atoms with Crippen molar-refractivity contribution in [3.63, 3.8) is 0 Å². The zero-order valence-corrected chi connectivity index (χ0v) is 12.0. The van der Waals surface area contributed by atoms with Crippen molar-refractivity contribution in [3.8, 4) is 11.5 Å². The minimum Gasteiger partial charge on any atom is -0.507 e. The van der Waals surface area contributed by atoms with Crippen molar-refractivity contribution in [1.82, 2.24) is 10.2 Å². The van der Waals surface area contributed by atoms with Crippen LogP contribution in [-0.2, 0) is 0 Å². The molecule has 4 heteroatoms. The molecule has 3 N–H and O–H groups in total. The third kappa shape index (κ3) is 2.69. The number of likely N-dealkylation sites (N-methyl/N-ethyl adjacent to an activating group) is 1. The van der Waals surface area contributed by atoms with E-state index in [-0.39, 0.29) is 23.1 Å². The van der Waals surface area contributed by atoms with E-state index in [1.54, 1.807) is 18.2 Å². The van der Waals surface area contributed by atoms with Crippen molar-refractivity contribution in [2.75, 3.05) is 20.6 Å². The molecule has 0 bridgehead atoms. The lowest BCUT2D eigenvalue weighted by molar-refractivity contribution is 0.0575. The lowest BCUT2D eigenvalue weighted by Gasteiger charge is -2.48. The number of phenolic OH excluding ortho intramolecular Hbond substituents is 2. The molecule has 2 rings (SSSR count). The van der Waals surface area contributed by atoms with Crippen LogP contribution in [0.1, 0.15) is 37.8 Å². The van der Waals surface area contributed by atoms with Gasteiger partial charge in [0.1, 0.15) is 11.5 Å². The van der Waals surface area contributed by atoms with Crippen LogP contribution in [-0.4, -0.2) is 41.3 Å². The molecule has 1 aromatic carbocycles. The summed E-state index contributed by atoms with van der Waals surface area (Å²) >= 11 is 0. The van der Waals surface area contributed by atoms with Crippen molar-refractivity contribution in [3.05, 3.63) is 23.8 Å². The van der Waals surface area contributed by atoms with Crippen LogP contribution in [0.2, 0.25) is 0 Å². The summed E-state index contributed by atoms with van der Waals surface area (Å²) in [4.78, 5) is 2.28. The molecular weight excluding hydrogens is 240 g/mol. The van der Waals surface area contributed by atoms with Crippen LogP contribution in [0.5, 0.6) is 11.5 Å². The highest BCUT2D eigenvalue weighted by Gasteiger charge is 2.39. The number of benzene rings is 1. The number of aromatic hydroxyl groups is 2. The average molecular weight is 264 g/mol. The van der Waals surface area contributed by atoms with Gasteiger partial charge in [-0.15, -0.1) is 0 Å². The van der Waals surface area contributed by atoms with Crippen LogP contribution >= 0.6 is 0 Å². The highest BCUT2D eigenvalue weighted by molar-refractivity contribution is 5.44. The van der Waals surface area contributed by atoms with E-state index in [0.717, 1.165) is 6.54 Å². The van der Waals surface area contributed by atoms with E-state index in [0.29, 0.717) is 5.56 Å². The second-order valence-electron chi connectivity index (χ2n) is 5.78. The van der Waals surface area contributed by atoms with E-state index < -0.39 is 0 Å².